The molecule has 5 heteroatoms. The van der Waals surface area contributed by atoms with Gasteiger partial charge in [-0.2, -0.15) is 0 Å². The van der Waals surface area contributed by atoms with Gasteiger partial charge in [0.1, 0.15) is 4.34 Å². The molecule has 0 atom stereocenters. The molecular weight excluding hydrogens is 336 g/mol. The fourth-order valence-corrected chi connectivity index (χ4v) is 4.81. The Hall–Kier alpha value is -1.59. The van der Waals surface area contributed by atoms with E-state index in [1.807, 2.05) is 60.0 Å². The predicted molar refractivity (Wildman–Crippen MR) is 102 cm³/mol. The molecule has 2 aromatic rings. The maximum Gasteiger partial charge on any atom is 0.246 e. The predicted octanol–water partition coefficient (Wildman–Crippen LogP) is 4.50. The van der Waals surface area contributed by atoms with E-state index in [0.29, 0.717) is 5.92 Å². The highest BCUT2D eigenvalue weighted by Crippen LogP contribution is 2.28. The normalized spacial score (nSPS) is 16.0. The van der Waals surface area contributed by atoms with Gasteiger partial charge in [0.2, 0.25) is 5.91 Å². The van der Waals surface area contributed by atoms with Crippen molar-refractivity contribution in [3.63, 3.8) is 0 Å². The fraction of sp³-hybridized carbons (Fsp3) is 0.368. The first-order chi connectivity index (χ1) is 11.7. The minimum absolute atomic E-state index is 0.125. The molecule has 3 nitrogen and oxygen atoms in total. The van der Waals surface area contributed by atoms with Crippen molar-refractivity contribution < 1.29 is 4.79 Å². The Balaban J connectivity index is 1.43. The van der Waals surface area contributed by atoms with Gasteiger partial charge in [-0.05, 0) is 37.3 Å². The molecule has 1 saturated heterocycles. The van der Waals surface area contributed by atoms with Crippen molar-refractivity contribution >= 4 is 35.1 Å². The summed E-state index contributed by atoms with van der Waals surface area (Å²) in [6, 6.07) is 9.96. The first kappa shape index (κ1) is 17.2. The number of thiazole rings is 1. The van der Waals surface area contributed by atoms with Gasteiger partial charge in [-0.3, -0.25) is 4.79 Å². The highest BCUT2D eigenvalue weighted by Gasteiger charge is 2.21. The van der Waals surface area contributed by atoms with E-state index in [0.717, 1.165) is 47.3 Å². The molecule has 0 bridgehead atoms. The van der Waals surface area contributed by atoms with Crippen LogP contribution in [0.2, 0.25) is 0 Å². The minimum Gasteiger partial charge on any atom is -0.339 e. The summed E-state index contributed by atoms with van der Waals surface area (Å²) < 4.78 is 1.16. The van der Waals surface area contributed by atoms with Crippen molar-refractivity contribution in [1.29, 1.82) is 0 Å². The number of amides is 1. The fourth-order valence-electron chi connectivity index (χ4n) is 2.74. The van der Waals surface area contributed by atoms with Gasteiger partial charge in [-0.1, -0.05) is 42.1 Å². The van der Waals surface area contributed by atoms with Gasteiger partial charge in [-0.25, -0.2) is 4.98 Å². The molecule has 126 valence electrons. The third kappa shape index (κ3) is 4.95. The van der Waals surface area contributed by atoms with Crippen molar-refractivity contribution in [3.05, 3.63) is 53.0 Å². The zero-order chi connectivity index (χ0) is 16.8. The smallest absolute Gasteiger partial charge is 0.246 e. The number of thioether (sulfide) groups is 1. The first-order valence-corrected chi connectivity index (χ1v) is 10.1. The number of likely N-dealkylation sites (tertiary alicyclic amines) is 1. The summed E-state index contributed by atoms with van der Waals surface area (Å²) in [5.41, 5.74) is 2.17. The van der Waals surface area contributed by atoms with Crippen LogP contribution in [0.3, 0.4) is 0 Å². The lowest BCUT2D eigenvalue weighted by molar-refractivity contribution is -0.127. The zero-order valence-electron chi connectivity index (χ0n) is 13.9. The number of benzene rings is 1. The van der Waals surface area contributed by atoms with Gasteiger partial charge in [0.25, 0.3) is 0 Å². The van der Waals surface area contributed by atoms with Crippen molar-refractivity contribution in [2.75, 3.05) is 18.8 Å². The van der Waals surface area contributed by atoms with Crippen LogP contribution in [-0.2, 0) is 4.79 Å². The van der Waals surface area contributed by atoms with E-state index >= 15 is 0 Å². The number of piperidine rings is 1. The van der Waals surface area contributed by atoms with Crippen LogP contribution in [0, 0.1) is 12.8 Å². The van der Waals surface area contributed by atoms with Gasteiger partial charge in [-0.15, -0.1) is 11.3 Å². The molecule has 0 unspecified atom stereocenters. The molecule has 1 aliphatic rings. The molecule has 1 aromatic heterocycles. The van der Waals surface area contributed by atoms with E-state index in [1.165, 1.54) is 0 Å². The number of aryl methyl sites for hydroxylation is 1. The van der Waals surface area contributed by atoms with E-state index < -0.39 is 0 Å². The molecule has 1 amide bonds. The van der Waals surface area contributed by atoms with Crippen molar-refractivity contribution in [3.8, 4) is 0 Å². The van der Waals surface area contributed by atoms with Crippen molar-refractivity contribution in [2.45, 2.75) is 24.1 Å². The van der Waals surface area contributed by atoms with Gasteiger partial charge in [0, 0.05) is 36.0 Å². The average Bonchev–Trinajstić information content (AvgIpc) is 3.04. The molecular formula is C19H22N2OS2. The van der Waals surface area contributed by atoms with Crippen LogP contribution < -0.4 is 0 Å². The highest BCUT2D eigenvalue weighted by molar-refractivity contribution is 8.01. The van der Waals surface area contributed by atoms with Crippen LogP contribution in [-0.4, -0.2) is 34.6 Å². The molecule has 2 heterocycles. The summed E-state index contributed by atoms with van der Waals surface area (Å²) in [4.78, 5) is 18.8. The number of aromatic nitrogens is 1. The second kappa shape index (κ2) is 8.49. The van der Waals surface area contributed by atoms with Crippen LogP contribution in [0.4, 0.5) is 0 Å². The van der Waals surface area contributed by atoms with E-state index in [2.05, 4.69) is 10.4 Å². The zero-order valence-corrected chi connectivity index (χ0v) is 15.5. The topological polar surface area (TPSA) is 33.2 Å². The first-order valence-electron chi connectivity index (χ1n) is 8.27. The van der Waals surface area contributed by atoms with Crippen LogP contribution in [0.25, 0.3) is 6.08 Å². The second-order valence-corrected chi connectivity index (χ2v) is 8.20. The summed E-state index contributed by atoms with van der Waals surface area (Å²) in [6.45, 7) is 3.76. The quantitative estimate of drug-likeness (QED) is 0.583. The summed E-state index contributed by atoms with van der Waals surface area (Å²) in [7, 11) is 0. The summed E-state index contributed by atoms with van der Waals surface area (Å²) in [5.74, 6) is 1.91. The lowest BCUT2D eigenvalue weighted by Gasteiger charge is -2.31. The SMILES string of the molecule is Cc1csc(SCC2CCN(C(=O)/C=C/c3ccccc3)CC2)n1. The summed E-state index contributed by atoms with van der Waals surface area (Å²) in [5, 5.41) is 2.10. The molecule has 1 aromatic carbocycles. The minimum atomic E-state index is 0.125. The monoisotopic (exact) mass is 358 g/mol. The number of hydrogen-bond donors (Lipinski definition) is 0. The lowest BCUT2D eigenvalue weighted by Crippen LogP contribution is -2.38. The molecule has 0 aliphatic carbocycles. The molecule has 0 N–H and O–H groups in total. The Labute approximate surface area is 151 Å². The number of rotatable bonds is 5. The van der Waals surface area contributed by atoms with Crippen LogP contribution >= 0.6 is 23.1 Å². The molecule has 3 rings (SSSR count). The number of carbonyl (C=O) groups is 1. The third-order valence-electron chi connectivity index (χ3n) is 4.18. The Morgan fingerprint density at radius 1 is 1.33 bits per heavy atom. The molecule has 0 spiro atoms. The molecule has 1 fully saturated rings. The third-order valence-corrected chi connectivity index (χ3v) is 6.56. The summed E-state index contributed by atoms with van der Waals surface area (Å²) >= 11 is 3.58. The van der Waals surface area contributed by atoms with E-state index in [-0.39, 0.29) is 5.91 Å². The van der Waals surface area contributed by atoms with Crippen molar-refractivity contribution in [2.24, 2.45) is 5.92 Å². The molecule has 24 heavy (non-hydrogen) atoms. The number of carbonyl (C=O) groups excluding carboxylic acids is 1. The average molecular weight is 359 g/mol. The van der Waals surface area contributed by atoms with Gasteiger partial charge in [0.05, 0.1) is 0 Å². The van der Waals surface area contributed by atoms with E-state index in [4.69, 9.17) is 0 Å². The maximum atomic E-state index is 12.3. The largest absolute Gasteiger partial charge is 0.339 e. The van der Waals surface area contributed by atoms with Crippen LogP contribution in [0.1, 0.15) is 24.1 Å². The molecule has 1 aliphatic heterocycles. The Morgan fingerprint density at radius 3 is 2.75 bits per heavy atom. The second-order valence-electron chi connectivity index (χ2n) is 6.08. The van der Waals surface area contributed by atoms with Gasteiger partial charge in [0.15, 0.2) is 0 Å². The standard InChI is InChI=1S/C19H22N2OS2/c1-15-13-23-19(20-15)24-14-17-9-11-21(12-10-17)18(22)8-7-16-5-3-2-4-6-16/h2-8,13,17H,9-12,14H2,1H3/b8-7+. The van der Waals surface area contributed by atoms with E-state index in [1.54, 1.807) is 17.4 Å². The van der Waals surface area contributed by atoms with Crippen LogP contribution in [0.5, 0.6) is 0 Å². The van der Waals surface area contributed by atoms with E-state index in [9.17, 15) is 4.79 Å². The van der Waals surface area contributed by atoms with Crippen LogP contribution in [0.15, 0.2) is 46.1 Å². The van der Waals surface area contributed by atoms with Gasteiger partial charge < -0.3 is 4.90 Å². The Morgan fingerprint density at radius 2 is 2.08 bits per heavy atom. The Kier molecular flexibility index (Phi) is 6.10. The van der Waals surface area contributed by atoms with Gasteiger partial charge >= 0.3 is 0 Å². The molecule has 0 radical (unpaired) electrons. The number of nitrogens with zero attached hydrogens (tertiary/aromatic N) is 2. The Bertz CT molecular complexity index is 688. The highest BCUT2D eigenvalue weighted by atomic mass is 32.2. The molecule has 0 saturated carbocycles. The maximum absolute atomic E-state index is 12.3. The summed E-state index contributed by atoms with van der Waals surface area (Å²) in [6.07, 6.45) is 5.77. The lowest BCUT2D eigenvalue weighted by atomic mass is 9.99. The number of hydrogen-bond acceptors (Lipinski definition) is 4. The van der Waals surface area contributed by atoms with Crippen molar-refractivity contribution in [1.82, 2.24) is 9.88 Å².